The van der Waals surface area contributed by atoms with E-state index in [-0.39, 0.29) is 16.9 Å². The first kappa shape index (κ1) is 24.6. The van der Waals surface area contributed by atoms with Gasteiger partial charge in [0, 0.05) is 55.3 Å². The van der Waals surface area contributed by atoms with Crippen molar-refractivity contribution in [2.24, 2.45) is 0 Å². The number of benzene rings is 2. The molecule has 5 rings (SSSR count). The number of carboxylic acids is 1. The van der Waals surface area contributed by atoms with Crippen LogP contribution < -0.4 is 9.64 Å². The van der Waals surface area contributed by atoms with Crippen LogP contribution in [-0.2, 0) is 12.8 Å². The molecule has 0 saturated carbocycles. The number of ether oxygens (including phenoxy) is 1. The number of hydrogen-bond donors (Lipinski definition) is 1. The van der Waals surface area contributed by atoms with Gasteiger partial charge in [-0.3, -0.25) is 4.40 Å². The number of nitrogens with zero attached hydrogens (tertiary/aromatic N) is 4. The van der Waals surface area contributed by atoms with Crippen LogP contribution in [0.3, 0.4) is 0 Å². The number of imidazole rings is 1. The van der Waals surface area contributed by atoms with Crippen LogP contribution in [0.15, 0.2) is 67.0 Å². The van der Waals surface area contributed by atoms with Gasteiger partial charge in [-0.25, -0.2) is 9.78 Å². The molecule has 0 spiro atoms. The molecule has 0 radical (unpaired) electrons. The Labute approximate surface area is 211 Å². The average molecular weight is 511 g/mol. The summed E-state index contributed by atoms with van der Waals surface area (Å²) in [4.78, 5) is 20.9. The van der Waals surface area contributed by atoms with Gasteiger partial charge in [0.05, 0.1) is 17.5 Å². The van der Waals surface area contributed by atoms with Crippen molar-refractivity contribution < 1.29 is 27.8 Å². The van der Waals surface area contributed by atoms with Crippen LogP contribution in [0.2, 0.25) is 0 Å². The van der Waals surface area contributed by atoms with Crippen LogP contribution >= 0.6 is 0 Å². The molecule has 7 nitrogen and oxygen atoms in total. The minimum Gasteiger partial charge on any atom is -0.488 e. The summed E-state index contributed by atoms with van der Waals surface area (Å²) in [5.74, 6) is -1.26. The molecule has 1 aliphatic heterocycles. The normalized spacial score (nSPS) is 14.8. The molecule has 192 valence electrons. The van der Waals surface area contributed by atoms with E-state index in [9.17, 15) is 23.1 Å². The number of likely N-dealkylation sites (N-methyl/N-ethyl adjacent to an activating group) is 1. The lowest BCUT2D eigenvalue weighted by molar-refractivity contribution is -0.138. The Kier molecular flexibility index (Phi) is 6.51. The van der Waals surface area contributed by atoms with E-state index >= 15 is 0 Å². The maximum Gasteiger partial charge on any atom is 0.416 e. The largest absolute Gasteiger partial charge is 0.488 e. The minimum atomic E-state index is -4.54. The third-order valence-electron chi connectivity index (χ3n) is 6.58. The van der Waals surface area contributed by atoms with E-state index in [1.54, 1.807) is 12.3 Å². The van der Waals surface area contributed by atoms with Gasteiger partial charge in [0.2, 0.25) is 0 Å². The first-order valence-electron chi connectivity index (χ1n) is 11.8. The fraction of sp³-hybridized carbons (Fsp3) is 0.259. The lowest BCUT2D eigenvalue weighted by Gasteiger charge is -2.34. The van der Waals surface area contributed by atoms with Gasteiger partial charge in [-0.2, -0.15) is 13.2 Å². The molecule has 37 heavy (non-hydrogen) atoms. The molecule has 0 aliphatic carbocycles. The molecule has 10 heteroatoms. The molecule has 1 saturated heterocycles. The van der Waals surface area contributed by atoms with Gasteiger partial charge >= 0.3 is 12.1 Å². The SMILES string of the molecule is CN1CCN(c2ccn3c(-c4ccc(C(=O)O)c(OCc5ccccc5C(F)(F)F)c4)cnc3c2)CC1. The Morgan fingerprint density at radius 3 is 2.54 bits per heavy atom. The number of halogens is 3. The summed E-state index contributed by atoms with van der Waals surface area (Å²) in [5.41, 5.74) is 2.10. The van der Waals surface area contributed by atoms with Gasteiger partial charge in [-0.1, -0.05) is 24.3 Å². The van der Waals surface area contributed by atoms with Crippen molar-refractivity contribution in [3.63, 3.8) is 0 Å². The van der Waals surface area contributed by atoms with Crippen molar-refractivity contribution in [2.75, 3.05) is 38.1 Å². The molecule has 0 unspecified atom stereocenters. The van der Waals surface area contributed by atoms with Crippen LogP contribution in [0.4, 0.5) is 18.9 Å². The molecule has 2 aromatic carbocycles. The first-order chi connectivity index (χ1) is 17.7. The molecule has 4 aromatic rings. The van der Waals surface area contributed by atoms with Crippen molar-refractivity contribution in [1.82, 2.24) is 14.3 Å². The Hall–Kier alpha value is -4.05. The number of alkyl halides is 3. The van der Waals surface area contributed by atoms with Crippen LogP contribution in [0.25, 0.3) is 16.9 Å². The first-order valence-corrected chi connectivity index (χ1v) is 11.8. The summed E-state index contributed by atoms with van der Waals surface area (Å²) in [6.07, 6.45) is -0.949. The Morgan fingerprint density at radius 2 is 1.81 bits per heavy atom. The Morgan fingerprint density at radius 1 is 1.05 bits per heavy atom. The van der Waals surface area contributed by atoms with Crippen LogP contribution in [0, 0.1) is 0 Å². The third kappa shape index (κ3) is 5.10. The zero-order chi connectivity index (χ0) is 26.2. The van der Waals surface area contributed by atoms with Gasteiger partial charge in [0.1, 0.15) is 23.6 Å². The van der Waals surface area contributed by atoms with Gasteiger partial charge in [-0.05, 0) is 31.3 Å². The number of anilines is 1. The second-order valence-electron chi connectivity index (χ2n) is 9.01. The number of piperazine rings is 1. The average Bonchev–Trinajstić information content (AvgIpc) is 3.30. The fourth-order valence-corrected chi connectivity index (χ4v) is 4.50. The summed E-state index contributed by atoms with van der Waals surface area (Å²) in [5, 5.41) is 9.63. The summed E-state index contributed by atoms with van der Waals surface area (Å²) in [6.45, 7) is 3.39. The third-order valence-corrected chi connectivity index (χ3v) is 6.58. The van der Waals surface area contributed by atoms with Gasteiger partial charge < -0.3 is 19.6 Å². The molecule has 1 fully saturated rings. The highest BCUT2D eigenvalue weighted by Crippen LogP contribution is 2.34. The second kappa shape index (κ2) is 9.78. The number of pyridine rings is 1. The van der Waals surface area contributed by atoms with E-state index in [2.05, 4.69) is 21.8 Å². The van der Waals surface area contributed by atoms with Crippen molar-refractivity contribution in [3.05, 3.63) is 83.7 Å². The number of fused-ring (bicyclic) bond motifs is 1. The van der Waals surface area contributed by atoms with Crippen molar-refractivity contribution >= 4 is 17.3 Å². The zero-order valence-electron chi connectivity index (χ0n) is 20.1. The zero-order valence-corrected chi connectivity index (χ0v) is 20.1. The van der Waals surface area contributed by atoms with E-state index < -0.39 is 24.3 Å². The highest BCUT2D eigenvalue weighted by molar-refractivity contribution is 5.92. The van der Waals surface area contributed by atoms with Crippen molar-refractivity contribution in [2.45, 2.75) is 12.8 Å². The molecular weight excluding hydrogens is 485 g/mol. The molecule has 3 heterocycles. The van der Waals surface area contributed by atoms with Crippen molar-refractivity contribution in [1.29, 1.82) is 0 Å². The highest BCUT2D eigenvalue weighted by atomic mass is 19.4. The van der Waals surface area contributed by atoms with E-state index in [1.165, 1.54) is 30.3 Å². The monoisotopic (exact) mass is 510 g/mol. The lowest BCUT2D eigenvalue weighted by Crippen LogP contribution is -2.44. The predicted molar refractivity (Wildman–Crippen MR) is 133 cm³/mol. The maximum atomic E-state index is 13.4. The van der Waals surface area contributed by atoms with Gasteiger partial charge in [0.25, 0.3) is 0 Å². The van der Waals surface area contributed by atoms with E-state index in [1.807, 2.05) is 22.7 Å². The topological polar surface area (TPSA) is 70.3 Å². The molecule has 0 bridgehead atoms. The molecule has 0 amide bonds. The van der Waals surface area contributed by atoms with Crippen LogP contribution in [0.5, 0.6) is 5.75 Å². The summed E-state index contributed by atoms with van der Waals surface area (Å²) in [7, 11) is 2.10. The van der Waals surface area contributed by atoms with E-state index in [0.717, 1.165) is 43.6 Å². The Bertz CT molecular complexity index is 1440. The quantitative estimate of drug-likeness (QED) is 0.392. The summed E-state index contributed by atoms with van der Waals surface area (Å²) in [6, 6.07) is 13.6. The van der Waals surface area contributed by atoms with E-state index in [0.29, 0.717) is 11.3 Å². The number of rotatable bonds is 6. The smallest absolute Gasteiger partial charge is 0.416 e. The van der Waals surface area contributed by atoms with Crippen LogP contribution in [-0.4, -0.2) is 58.6 Å². The van der Waals surface area contributed by atoms with Gasteiger partial charge in [-0.15, -0.1) is 0 Å². The lowest BCUT2D eigenvalue weighted by atomic mass is 10.1. The van der Waals surface area contributed by atoms with Gasteiger partial charge in [0.15, 0.2) is 0 Å². The number of carbonyl (C=O) groups is 1. The fourth-order valence-electron chi connectivity index (χ4n) is 4.50. The predicted octanol–water partition coefficient (Wildman–Crippen LogP) is 5.05. The number of aromatic carboxylic acids is 1. The molecule has 2 aromatic heterocycles. The molecule has 1 N–H and O–H groups in total. The maximum absolute atomic E-state index is 13.4. The Balaban J connectivity index is 1.44. The summed E-state index contributed by atoms with van der Waals surface area (Å²) >= 11 is 0. The number of aromatic nitrogens is 2. The number of hydrogen-bond acceptors (Lipinski definition) is 5. The number of carboxylic acid groups (broad SMARTS) is 1. The van der Waals surface area contributed by atoms with Crippen molar-refractivity contribution in [3.8, 4) is 17.0 Å². The van der Waals surface area contributed by atoms with E-state index in [4.69, 9.17) is 4.74 Å². The van der Waals surface area contributed by atoms with Crippen LogP contribution in [0.1, 0.15) is 21.5 Å². The molecule has 0 atom stereocenters. The molecular formula is C27H25F3N4O3. The highest BCUT2D eigenvalue weighted by Gasteiger charge is 2.33. The second-order valence-corrected chi connectivity index (χ2v) is 9.01. The standard InChI is InChI=1S/C27H25F3N4O3/c1-32-10-12-33(13-11-32)20-8-9-34-23(16-31-25(34)15-20)18-6-7-21(26(35)36)24(14-18)37-17-19-4-2-3-5-22(19)27(28,29)30/h2-9,14-16H,10-13,17H2,1H3,(H,35,36). The minimum absolute atomic E-state index is 0.0222. The molecule has 1 aliphatic rings. The summed E-state index contributed by atoms with van der Waals surface area (Å²) < 4.78 is 47.7.